The molecule has 2 amide bonds. The molecule has 9 heteroatoms. The van der Waals surface area contributed by atoms with Crippen molar-refractivity contribution in [3.05, 3.63) is 77.1 Å². The van der Waals surface area contributed by atoms with Crippen molar-refractivity contribution in [2.45, 2.75) is 25.9 Å². The minimum Gasteiger partial charge on any atom is -0.322 e. The molecule has 0 radical (unpaired) electrons. The van der Waals surface area contributed by atoms with Gasteiger partial charge in [-0.2, -0.15) is 10.4 Å². The van der Waals surface area contributed by atoms with Gasteiger partial charge in [-0.05, 0) is 37.3 Å². The highest BCUT2D eigenvalue weighted by Crippen LogP contribution is 2.29. The van der Waals surface area contributed by atoms with Crippen LogP contribution in [0.5, 0.6) is 0 Å². The summed E-state index contributed by atoms with van der Waals surface area (Å²) in [5, 5.41) is 15.9. The lowest BCUT2D eigenvalue weighted by Gasteiger charge is -2.34. The van der Waals surface area contributed by atoms with E-state index in [-0.39, 0.29) is 22.9 Å². The maximum atomic E-state index is 13.3. The molecule has 1 aliphatic rings. The first-order chi connectivity index (χ1) is 14.9. The Balaban J connectivity index is 1.64. The van der Waals surface area contributed by atoms with Gasteiger partial charge in [-0.3, -0.25) is 14.3 Å². The van der Waals surface area contributed by atoms with Crippen LogP contribution in [0.3, 0.4) is 0 Å². The molecule has 0 saturated carbocycles. The number of nitriles is 1. The average molecular weight is 421 g/mol. The third-order valence-electron chi connectivity index (χ3n) is 5.06. The van der Waals surface area contributed by atoms with E-state index in [0.29, 0.717) is 23.5 Å². The minimum atomic E-state index is -2.60. The van der Waals surface area contributed by atoms with Crippen molar-refractivity contribution in [3.8, 4) is 6.07 Å². The first-order valence-electron chi connectivity index (χ1n) is 9.48. The zero-order valence-corrected chi connectivity index (χ0v) is 16.4. The molecule has 0 spiro atoms. The maximum Gasteiger partial charge on any atom is 0.277 e. The molecule has 3 aromatic rings. The van der Waals surface area contributed by atoms with Gasteiger partial charge in [0.15, 0.2) is 0 Å². The third-order valence-corrected chi connectivity index (χ3v) is 5.06. The van der Waals surface area contributed by atoms with Gasteiger partial charge in [-0.15, -0.1) is 0 Å². The van der Waals surface area contributed by atoms with Gasteiger partial charge in [0.1, 0.15) is 5.69 Å². The number of benzene rings is 2. The molecule has 156 valence electrons. The number of aromatic nitrogens is 2. The summed E-state index contributed by atoms with van der Waals surface area (Å²) in [5.41, 5.74) is 1.34. The number of hydrogen-bond donors (Lipinski definition) is 1. The van der Waals surface area contributed by atoms with E-state index in [1.54, 1.807) is 18.2 Å². The molecule has 1 atom stereocenters. The van der Waals surface area contributed by atoms with Crippen LogP contribution in [0.4, 0.5) is 20.2 Å². The van der Waals surface area contributed by atoms with Crippen LogP contribution >= 0.6 is 0 Å². The Morgan fingerprint density at radius 2 is 2.00 bits per heavy atom. The van der Waals surface area contributed by atoms with Crippen molar-refractivity contribution in [1.29, 1.82) is 5.26 Å². The Morgan fingerprint density at radius 1 is 1.26 bits per heavy atom. The quantitative estimate of drug-likeness (QED) is 0.690. The first-order valence-corrected chi connectivity index (χ1v) is 9.48. The second-order valence-corrected chi connectivity index (χ2v) is 7.15. The van der Waals surface area contributed by atoms with Crippen LogP contribution in [0.2, 0.25) is 0 Å². The fourth-order valence-electron chi connectivity index (χ4n) is 3.58. The van der Waals surface area contributed by atoms with E-state index in [1.807, 2.05) is 13.0 Å². The number of rotatable bonds is 4. The molecule has 0 bridgehead atoms. The molecule has 2 aromatic carbocycles. The lowest BCUT2D eigenvalue weighted by molar-refractivity contribution is 0.0933. The zero-order chi connectivity index (χ0) is 22.1. The lowest BCUT2D eigenvalue weighted by Crippen LogP contribution is -2.47. The van der Waals surface area contributed by atoms with Crippen molar-refractivity contribution in [3.63, 3.8) is 0 Å². The second-order valence-electron chi connectivity index (χ2n) is 7.15. The van der Waals surface area contributed by atoms with Gasteiger partial charge < -0.3 is 10.2 Å². The predicted octanol–water partition coefficient (Wildman–Crippen LogP) is 3.99. The molecular weight excluding hydrogens is 404 g/mol. The average Bonchev–Trinajstić information content (AvgIpc) is 3.18. The monoisotopic (exact) mass is 421 g/mol. The molecule has 0 aliphatic carbocycles. The Labute approximate surface area is 176 Å². The van der Waals surface area contributed by atoms with Gasteiger partial charge in [0.25, 0.3) is 18.2 Å². The highest BCUT2D eigenvalue weighted by Gasteiger charge is 2.35. The van der Waals surface area contributed by atoms with Crippen molar-refractivity contribution in [2.75, 3.05) is 10.2 Å². The van der Waals surface area contributed by atoms with Gasteiger partial charge in [0.05, 0.1) is 36.0 Å². The first kappa shape index (κ1) is 20.2. The standard InChI is InChI=1S/C22H17F2N5O2/c1-13-12-28-19(22(31)29(13)17-7-5-15(6-8-17)20(23)24)18(11-26-28)21(30)27-16-4-2-3-14(9-16)10-25/h2-9,11,13,20H,12H2,1H3,(H,27,30). The number of alkyl halides is 2. The SMILES string of the molecule is CC1Cn2ncc(C(=O)Nc3cccc(C#N)c3)c2C(=O)N1c1ccc(C(F)F)cc1. The summed E-state index contributed by atoms with van der Waals surface area (Å²) in [7, 11) is 0. The largest absolute Gasteiger partial charge is 0.322 e. The van der Waals surface area contributed by atoms with Crippen molar-refractivity contribution >= 4 is 23.2 Å². The van der Waals surface area contributed by atoms with Crippen molar-refractivity contribution in [2.24, 2.45) is 0 Å². The van der Waals surface area contributed by atoms with E-state index in [9.17, 15) is 18.4 Å². The number of amides is 2. The number of anilines is 2. The highest BCUT2D eigenvalue weighted by molar-refractivity contribution is 6.15. The van der Waals surface area contributed by atoms with Crippen LogP contribution in [0.15, 0.2) is 54.7 Å². The topological polar surface area (TPSA) is 91.0 Å². The number of nitrogens with zero attached hydrogens (tertiary/aromatic N) is 4. The molecule has 2 heterocycles. The number of carbonyl (C=O) groups excluding carboxylic acids is 2. The molecule has 1 N–H and O–H groups in total. The Hall–Kier alpha value is -4.06. The number of carbonyl (C=O) groups is 2. The number of fused-ring (bicyclic) bond motifs is 1. The van der Waals surface area contributed by atoms with Gasteiger partial charge in [-0.1, -0.05) is 18.2 Å². The normalized spacial score (nSPS) is 15.5. The summed E-state index contributed by atoms with van der Waals surface area (Å²) in [4.78, 5) is 27.6. The Morgan fingerprint density at radius 3 is 2.68 bits per heavy atom. The summed E-state index contributed by atoms with van der Waals surface area (Å²) in [6, 6.07) is 13.6. The Kier molecular flexibility index (Phi) is 5.21. The second kappa shape index (κ2) is 7.99. The van der Waals surface area contributed by atoms with E-state index >= 15 is 0 Å². The van der Waals surface area contributed by atoms with Crippen LogP contribution in [-0.2, 0) is 6.54 Å². The smallest absolute Gasteiger partial charge is 0.277 e. The van der Waals surface area contributed by atoms with Crippen molar-refractivity contribution in [1.82, 2.24) is 9.78 Å². The number of nitrogens with one attached hydrogen (secondary N) is 1. The van der Waals surface area contributed by atoms with Gasteiger partial charge in [0.2, 0.25) is 0 Å². The van der Waals surface area contributed by atoms with E-state index in [2.05, 4.69) is 10.4 Å². The van der Waals surface area contributed by atoms with E-state index in [4.69, 9.17) is 5.26 Å². The molecule has 4 rings (SSSR count). The molecule has 1 unspecified atom stereocenters. The molecule has 0 fully saturated rings. The number of hydrogen-bond acceptors (Lipinski definition) is 4. The fourth-order valence-corrected chi connectivity index (χ4v) is 3.58. The molecule has 7 nitrogen and oxygen atoms in total. The lowest BCUT2D eigenvalue weighted by atomic mass is 10.1. The predicted molar refractivity (Wildman–Crippen MR) is 109 cm³/mol. The van der Waals surface area contributed by atoms with Gasteiger partial charge in [-0.25, -0.2) is 8.78 Å². The van der Waals surface area contributed by atoms with E-state index < -0.39 is 18.2 Å². The zero-order valence-electron chi connectivity index (χ0n) is 16.4. The summed E-state index contributed by atoms with van der Waals surface area (Å²) < 4.78 is 27.2. The third kappa shape index (κ3) is 3.75. The molecule has 1 aliphatic heterocycles. The summed E-state index contributed by atoms with van der Waals surface area (Å²) in [6.07, 6.45) is -1.27. The van der Waals surface area contributed by atoms with Crippen LogP contribution in [0.1, 0.15) is 45.3 Å². The van der Waals surface area contributed by atoms with Gasteiger partial charge >= 0.3 is 0 Å². The van der Waals surface area contributed by atoms with Crippen LogP contribution < -0.4 is 10.2 Å². The summed E-state index contributed by atoms with van der Waals surface area (Å²) in [5.74, 6) is -0.982. The number of halogens is 2. The van der Waals surface area contributed by atoms with Gasteiger partial charge in [0, 0.05) is 16.9 Å². The highest BCUT2D eigenvalue weighted by atomic mass is 19.3. The summed E-state index contributed by atoms with van der Waals surface area (Å²) >= 11 is 0. The maximum absolute atomic E-state index is 13.3. The van der Waals surface area contributed by atoms with Crippen LogP contribution in [0, 0.1) is 11.3 Å². The molecule has 31 heavy (non-hydrogen) atoms. The Bertz CT molecular complexity index is 1200. The molecule has 0 saturated heterocycles. The van der Waals surface area contributed by atoms with Crippen molar-refractivity contribution < 1.29 is 18.4 Å². The minimum absolute atomic E-state index is 0.0912. The van der Waals surface area contributed by atoms with E-state index in [1.165, 1.54) is 46.1 Å². The fraction of sp³-hybridized carbons (Fsp3) is 0.182. The molecule has 1 aromatic heterocycles. The molecular formula is C22H17F2N5O2. The van der Waals surface area contributed by atoms with E-state index in [0.717, 1.165) is 0 Å². The van der Waals surface area contributed by atoms with Crippen LogP contribution in [0.25, 0.3) is 0 Å². The summed E-state index contributed by atoms with van der Waals surface area (Å²) in [6.45, 7) is 2.16. The van der Waals surface area contributed by atoms with Crippen LogP contribution in [-0.4, -0.2) is 27.6 Å².